The Morgan fingerprint density at radius 2 is 1.85 bits per heavy atom. The van der Waals surface area contributed by atoms with Gasteiger partial charge in [-0.15, -0.1) is 0 Å². The Morgan fingerprint density at radius 3 is 2.44 bits per heavy atom. The van der Waals surface area contributed by atoms with Crippen molar-refractivity contribution in [3.05, 3.63) is 30.1 Å². The maximum atomic E-state index is 13.1. The highest BCUT2D eigenvalue weighted by molar-refractivity contribution is 5.74. The zero-order valence-electron chi connectivity index (χ0n) is 16.7. The van der Waals surface area contributed by atoms with Crippen molar-refractivity contribution in [1.29, 1.82) is 0 Å². The first-order valence-electron chi connectivity index (χ1n) is 10.3. The Balaban J connectivity index is 1.36. The molecule has 0 spiro atoms. The van der Waals surface area contributed by atoms with Gasteiger partial charge in [-0.1, -0.05) is 13.8 Å². The molecule has 0 aromatic heterocycles. The zero-order chi connectivity index (χ0) is 19.2. The second-order valence-electron chi connectivity index (χ2n) is 8.14. The Bertz CT molecular complexity index is 595. The molecule has 1 aromatic carbocycles. The fourth-order valence-electron chi connectivity index (χ4n) is 3.54. The van der Waals surface area contributed by atoms with Crippen molar-refractivity contribution in [2.75, 3.05) is 50.7 Å². The number of hydrogen-bond acceptors (Lipinski definition) is 3. The topological polar surface area (TPSA) is 38.8 Å². The predicted octanol–water partition coefficient (Wildman–Crippen LogP) is 3.17. The SMILES string of the molecule is CC(C)CCN(C(=O)NCCN1CCN(c2ccc(F)cc2)CC1)C1CC1. The molecule has 1 aromatic rings. The summed E-state index contributed by atoms with van der Waals surface area (Å²) in [5.41, 5.74) is 1.08. The summed E-state index contributed by atoms with van der Waals surface area (Å²) < 4.78 is 13.1. The van der Waals surface area contributed by atoms with Crippen LogP contribution in [0.5, 0.6) is 0 Å². The minimum absolute atomic E-state index is 0.100. The summed E-state index contributed by atoms with van der Waals surface area (Å²) >= 11 is 0. The minimum Gasteiger partial charge on any atom is -0.369 e. The molecule has 1 aliphatic carbocycles. The first-order valence-corrected chi connectivity index (χ1v) is 10.3. The average molecular weight is 377 g/mol. The summed E-state index contributed by atoms with van der Waals surface area (Å²) in [7, 11) is 0. The van der Waals surface area contributed by atoms with E-state index in [1.54, 1.807) is 0 Å². The molecule has 0 atom stereocenters. The van der Waals surface area contributed by atoms with Crippen LogP contribution in [0, 0.1) is 11.7 Å². The lowest BCUT2D eigenvalue weighted by Gasteiger charge is -2.36. The van der Waals surface area contributed by atoms with Gasteiger partial charge in [-0.3, -0.25) is 4.90 Å². The summed E-state index contributed by atoms with van der Waals surface area (Å²) in [5, 5.41) is 3.11. The third-order valence-corrected chi connectivity index (χ3v) is 5.46. The summed E-state index contributed by atoms with van der Waals surface area (Å²) in [5.74, 6) is 0.429. The van der Waals surface area contributed by atoms with E-state index in [2.05, 4.69) is 29.0 Å². The smallest absolute Gasteiger partial charge is 0.317 e. The zero-order valence-corrected chi connectivity index (χ0v) is 16.7. The number of rotatable bonds is 8. The normalized spacial score (nSPS) is 18.0. The molecule has 2 aliphatic rings. The van der Waals surface area contributed by atoms with Gasteiger partial charge in [0.05, 0.1) is 0 Å². The van der Waals surface area contributed by atoms with E-state index in [0.717, 1.165) is 64.2 Å². The molecule has 0 bridgehead atoms. The number of nitrogens with zero attached hydrogens (tertiary/aromatic N) is 3. The van der Waals surface area contributed by atoms with Gasteiger partial charge in [0.2, 0.25) is 0 Å². The Morgan fingerprint density at radius 1 is 1.19 bits per heavy atom. The number of hydrogen-bond donors (Lipinski definition) is 1. The van der Waals surface area contributed by atoms with Gasteiger partial charge in [0, 0.05) is 57.5 Å². The van der Waals surface area contributed by atoms with Crippen LogP contribution in [-0.2, 0) is 0 Å². The lowest BCUT2D eigenvalue weighted by atomic mass is 10.1. The van der Waals surface area contributed by atoms with Gasteiger partial charge in [0.25, 0.3) is 0 Å². The van der Waals surface area contributed by atoms with Gasteiger partial charge < -0.3 is 15.1 Å². The van der Waals surface area contributed by atoms with Crippen LogP contribution >= 0.6 is 0 Å². The van der Waals surface area contributed by atoms with Crippen LogP contribution in [0.1, 0.15) is 33.1 Å². The second kappa shape index (κ2) is 9.40. The fourth-order valence-corrected chi connectivity index (χ4v) is 3.54. The molecule has 27 heavy (non-hydrogen) atoms. The van der Waals surface area contributed by atoms with Crippen LogP contribution in [0.3, 0.4) is 0 Å². The standard InChI is InChI=1S/C21H33FN4O/c1-17(2)9-11-26(20-7-8-20)21(27)23-10-12-24-13-15-25(16-14-24)19-5-3-18(22)4-6-19/h3-6,17,20H,7-16H2,1-2H3,(H,23,27). The van der Waals surface area contributed by atoms with Crippen LogP contribution in [0.25, 0.3) is 0 Å². The maximum Gasteiger partial charge on any atom is 0.317 e. The summed E-state index contributed by atoms with van der Waals surface area (Å²) in [6.07, 6.45) is 3.36. The van der Waals surface area contributed by atoms with Gasteiger partial charge in [0.1, 0.15) is 5.82 Å². The molecule has 0 radical (unpaired) electrons. The van der Waals surface area contributed by atoms with E-state index in [0.29, 0.717) is 18.5 Å². The van der Waals surface area contributed by atoms with Crippen molar-refractivity contribution in [1.82, 2.24) is 15.1 Å². The Labute approximate surface area is 162 Å². The van der Waals surface area contributed by atoms with Crippen molar-refractivity contribution in [2.24, 2.45) is 5.92 Å². The molecule has 1 aliphatic heterocycles. The number of carbonyl (C=O) groups is 1. The number of urea groups is 1. The summed E-state index contributed by atoms with van der Waals surface area (Å²) in [6.45, 7) is 10.6. The Hall–Kier alpha value is -1.82. The van der Waals surface area contributed by atoms with Gasteiger partial charge in [-0.2, -0.15) is 0 Å². The lowest BCUT2D eigenvalue weighted by molar-refractivity contribution is 0.188. The van der Waals surface area contributed by atoms with Crippen LogP contribution in [0.15, 0.2) is 24.3 Å². The van der Waals surface area contributed by atoms with Crippen molar-refractivity contribution in [3.63, 3.8) is 0 Å². The van der Waals surface area contributed by atoms with Crippen molar-refractivity contribution < 1.29 is 9.18 Å². The number of anilines is 1. The first kappa shape index (κ1) is 19.9. The van der Waals surface area contributed by atoms with E-state index < -0.39 is 0 Å². The molecule has 6 heteroatoms. The van der Waals surface area contributed by atoms with Crippen LogP contribution in [0.4, 0.5) is 14.9 Å². The van der Waals surface area contributed by atoms with E-state index in [1.807, 2.05) is 17.0 Å². The summed E-state index contributed by atoms with van der Waals surface area (Å²) in [4.78, 5) is 19.2. The molecule has 0 unspecified atom stereocenters. The molecule has 3 rings (SSSR count). The number of amides is 2. The minimum atomic E-state index is -0.193. The quantitative estimate of drug-likeness (QED) is 0.757. The highest BCUT2D eigenvalue weighted by Crippen LogP contribution is 2.27. The molecule has 1 N–H and O–H groups in total. The highest BCUT2D eigenvalue weighted by Gasteiger charge is 2.32. The van der Waals surface area contributed by atoms with Gasteiger partial charge in [-0.05, 0) is 49.4 Å². The molecule has 1 saturated carbocycles. The number of halogens is 1. The van der Waals surface area contributed by atoms with Crippen LogP contribution < -0.4 is 10.2 Å². The third kappa shape index (κ3) is 6.09. The van der Waals surface area contributed by atoms with Crippen LogP contribution in [0.2, 0.25) is 0 Å². The fraction of sp³-hybridized carbons (Fsp3) is 0.667. The van der Waals surface area contributed by atoms with Crippen molar-refractivity contribution in [2.45, 2.75) is 39.2 Å². The molecule has 2 fully saturated rings. The largest absolute Gasteiger partial charge is 0.369 e. The average Bonchev–Trinajstić information content (AvgIpc) is 3.48. The molecular weight excluding hydrogens is 343 g/mol. The van der Waals surface area contributed by atoms with E-state index in [4.69, 9.17) is 0 Å². The molecule has 150 valence electrons. The van der Waals surface area contributed by atoms with E-state index in [9.17, 15) is 9.18 Å². The Kier molecular flexibility index (Phi) is 6.94. The number of nitrogens with one attached hydrogen (secondary N) is 1. The van der Waals surface area contributed by atoms with E-state index >= 15 is 0 Å². The second-order valence-corrected chi connectivity index (χ2v) is 8.14. The monoisotopic (exact) mass is 376 g/mol. The van der Waals surface area contributed by atoms with Gasteiger partial charge >= 0.3 is 6.03 Å². The first-order chi connectivity index (χ1) is 13.0. The lowest BCUT2D eigenvalue weighted by Crippen LogP contribution is -2.50. The highest BCUT2D eigenvalue weighted by atomic mass is 19.1. The molecule has 1 heterocycles. The predicted molar refractivity (Wildman–Crippen MR) is 108 cm³/mol. The van der Waals surface area contributed by atoms with Crippen molar-refractivity contribution in [3.8, 4) is 0 Å². The number of piperazine rings is 1. The third-order valence-electron chi connectivity index (χ3n) is 5.46. The van der Waals surface area contributed by atoms with Crippen LogP contribution in [-0.4, -0.2) is 67.7 Å². The molecule has 1 saturated heterocycles. The van der Waals surface area contributed by atoms with Gasteiger partial charge in [-0.25, -0.2) is 9.18 Å². The molecule has 5 nitrogen and oxygen atoms in total. The van der Waals surface area contributed by atoms with E-state index in [-0.39, 0.29) is 11.8 Å². The maximum absolute atomic E-state index is 13.1. The van der Waals surface area contributed by atoms with Gasteiger partial charge in [0.15, 0.2) is 0 Å². The summed E-state index contributed by atoms with van der Waals surface area (Å²) in [6, 6.07) is 7.28. The number of carbonyl (C=O) groups excluding carboxylic acids is 1. The van der Waals surface area contributed by atoms with E-state index in [1.165, 1.54) is 12.1 Å². The molecule has 2 amide bonds. The van der Waals surface area contributed by atoms with Crippen molar-refractivity contribution >= 4 is 11.7 Å². The molecular formula is C21H33FN4O. The number of benzene rings is 1.